The molecular formula is C15H20N4O4. The smallest absolute Gasteiger partial charge is 0.325 e. The standard InChI is InChI=1S/C15H20N4O4/c1-2-19-13(20)10-12(16-15(19)22)17-5-7-18(8-6-17)14(21)11-4-3-9-23-11/h3-4,9,12H,2,5-8,10H2,1H3,(H,16,22). The van der Waals surface area contributed by atoms with Crippen molar-refractivity contribution in [3.8, 4) is 0 Å². The number of hydrogen-bond acceptors (Lipinski definition) is 5. The van der Waals surface area contributed by atoms with E-state index < -0.39 is 0 Å². The third-order valence-electron chi connectivity index (χ3n) is 4.29. The van der Waals surface area contributed by atoms with Gasteiger partial charge in [-0.2, -0.15) is 0 Å². The van der Waals surface area contributed by atoms with Gasteiger partial charge in [0.25, 0.3) is 5.91 Å². The topological polar surface area (TPSA) is 86.1 Å². The van der Waals surface area contributed by atoms with E-state index in [0.717, 1.165) is 0 Å². The predicted molar refractivity (Wildman–Crippen MR) is 80.5 cm³/mol. The molecule has 1 atom stereocenters. The molecule has 1 aromatic rings. The van der Waals surface area contributed by atoms with E-state index in [0.29, 0.717) is 38.5 Å². The predicted octanol–water partition coefficient (Wildman–Crippen LogP) is 0.325. The summed E-state index contributed by atoms with van der Waals surface area (Å²) >= 11 is 0. The summed E-state index contributed by atoms with van der Waals surface area (Å²) in [7, 11) is 0. The van der Waals surface area contributed by atoms with Crippen molar-refractivity contribution in [2.75, 3.05) is 32.7 Å². The highest BCUT2D eigenvalue weighted by molar-refractivity contribution is 5.97. The van der Waals surface area contributed by atoms with Crippen LogP contribution in [-0.4, -0.2) is 71.4 Å². The van der Waals surface area contributed by atoms with Crippen LogP contribution in [0.4, 0.5) is 4.79 Å². The summed E-state index contributed by atoms with van der Waals surface area (Å²) in [4.78, 5) is 41.1. The number of hydrogen-bond donors (Lipinski definition) is 1. The molecule has 3 heterocycles. The van der Waals surface area contributed by atoms with Crippen molar-refractivity contribution >= 4 is 17.8 Å². The van der Waals surface area contributed by atoms with Gasteiger partial charge in [0, 0.05) is 32.7 Å². The van der Waals surface area contributed by atoms with E-state index in [9.17, 15) is 14.4 Å². The average Bonchev–Trinajstić information content (AvgIpc) is 3.08. The second-order valence-corrected chi connectivity index (χ2v) is 5.61. The molecule has 1 N–H and O–H groups in total. The maximum atomic E-state index is 12.2. The highest BCUT2D eigenvalue weighted by Gasteiger charge is 2.35. The van der Waals surface area contributed by atoms with Crippen LogP contribution in [0, 0.1) is 0 Å². The maximum Gasteiger partial charge on any atom is 0.325 e. The molecule has 0 spiro atoms. The summed E-state index contributed by atoms with van der Waals surface area (Å²) in [6, 6.07) is 2.99. The quantitative estimate of drug-likeness (QED) is 0.867. The fourth-order valence-electron chi connectivity index (χ4n) is 2.99. The SMILES string of the molecule is CCN1C(=O)CC(N2CCN(C(=O)c3ccco3)CC2)NC1=O. The molecule has 2 aliphatic heterocycles. The van der Waals surface area contributed by atoms with E-state index in [1.165, 1.54) is 11.2 Å². The van der Waals surface area contributed by atoms with Crippen LogP contribution in [0.2, 0.25) is 0 Å². The Labute approximate surface area is 134 Å². The van der Waals surface area contributed by atoms with Gasteiger partial charge in [-0.15, -0.1) is 0 Å². The van der Waals surface area contributed by atoms with Crippen LogP contribution < -0.4 is 5.32 Å². The first kappa shape index (κ1) is 15.5. The van der Waals surface area contributed by atoms with Gasteiger partial charge in [0.2, 0.25) is 5.91 Å². The minimum atomic E-state index is -0.345. The lowest BCUT2D eigenvalue weighted by Gasteiger charge is -2.41. The molecule has 8 nitrogen and oxygen atoms in total. The zero-order valence-electron chi connectivity index (χ0n) is 13.0. The number of piperazine rings is 1. The van der Waals surface area contributed by atoms with Gasteiger partial charge in [-0.05, 0) is 19.1 Å². The van der Waals surface area contributed by atoms with E-state index in [2.05, 4.69) is 5.32 Å². The maximum absolute atomic E-state index is 12.2. The fourth-order valence-corrected chi connectivity index (χ4v) is 2.99. The van der Waals surface area contributed by atoms with Crippen molar-refractivity contribution in [1.82, 2.24) is 20.0 Å². The van der Waals surface area contributed by atoms with E-state index in [-0.39, 0.29) is 30.4 Å². The van der Waals surface area contributed by atoms with Gasteiger partial charge >= 0.3 is 6.03 Å². The molecule has 2 fully saturated rings. The lowest BCUT2D eigenvalue weighted by atomic mass is 10.2. The lowest BCUT2D eigenvalue weighted by molar-refractivity contribution is -0.131. The minimum absolute atomic E-state index is 0.129. The number of urea groups is 1. The van der Waals surface area contributed by atoms with Gasteiger partial charge in [-0.3, -0.25) is 19.4 Å². The Hall–Kier alpha value is -2.35. The number of nitrogens with zero attached hydrogens (tertiary/aromatic N) is 3. The van der Waals surface area contributed by atoms with E-state index in [4.69, 9.17) is 4.42 Å². The Morgan fingerprint density at radius 2 is 2.04 bits per heavy atom. The lowest BCUT2D eigenvalue weighted by Crippen LogP contribution is -2.63. The molecule has 2 saturated heterocycles. The second kappa shape index (κ2) is 6.41. The largest absolute Gasteiger partial charge is 0.459 e. The first-order chi connectivity index (χ1) is 11.1. The van der Waals surface area contributed by atoms with Gasteiger partial charge in [0.1, 0.15) is 0 Å². The van der Waals surface area contributed by atoms with Crippen molar-refractivity contribution in [3.63, 3.8) is 0 Å². The Morgan fingerprint density at radius 3 is 2.61 bits per heavy atom. The summed E-state index contributed by atoms with van der Waals surface area (Å²) in [6.07, 6.45) is 1.45. The van der Waals surface area contributed by atoms with Crippen LogP contribution in [0.3, 0.4) is 0 Å². The third kappa shape index (κ3) is 3.07. The zero-order valence-corrected chi connectivity index (χ0v) is 13.0. The minimum Gasteiger partial charge on any atom is -0.459 e. The second-order valence-electron chi connectivity index (χ2n) is 5.61. The van der Waals surface area contributed by atoms with Crippen molar-refractivity contribution in [1.29, 1.82) is 0 Å². The molecule has 124 valence electrons. The Kier molecular flexibility index (Phi) is 4.33. The van der Waals surface area contributed by atoms with Crippen LogP contribution in [0.1, 0.15) is 23.9 Å². The first-order valence-electron chi connectivity index (χ1n) is 7.78. The molecule has 0 aliphatic carbocycles. The summed E-state index contributed by atoms with van der Waals surface area (Å²) in [5.41, 5.74) is 0. The molecule has 2 aliphatic rings. The Bertz CT molecular complexity index is 575. The van der Waals surface area contributed by atoms with Crippen LogP contribution in [-0.2, 0) is 4.79 Å². The molecule has 0 aromatic carbocycles. The van der Waals surface area contributed by atoms with Crippen molar-refractivity contribution in [2.24, 2.45) is 0 Å². The monoisotopic (exact) mass is 320 g/mol. The van der Waals surface area contributed by atoms with Crippen LogP contribution in [0.15, 0.2) is 22.8 Å². The van der Waals surface area contributed by atoms with Crippen LogP contribution in [0.5, 0.6) is 0 Å². The summed E-state index contributed by atoms with van der Waals surface area (Å²) in [5.74, 6) is 0.0455. The molecule has 4 amide bonds. The van der Waals surface area contributed by atoms with E-state index in [1.807, 2.05) is 4.90 Å². The number of furan rings is 1. The highest BCUT2D eigenvalue weighted by Crippen LogP contribution is 2.15. The Balaban J connectivity index is 1.56. The number of carbonyl (C=O) groups is 3. The molecular weight excluding hydrogens is 300 g/mol. The van der Waals surface area contributed by atoms with Crippen molar-refractivity contribution in [2.45, 2.75) is 19.5 Å². The molecule has 0 saturated carbocycles. The summed E-state index contributed by atoms with van der Waals surface area (Å²) in [6.45, 7) is 4.45. The summed E-state index contributed by atoms with van der Waals surface area (Å²) < 4.78 is 5.13. The number of amides is 4. The Morgan fingerprint density at radius 1 is 1.30 bits per heavy atom. The van der Waals surface area contributed by atoms with Crippen LogP contribution >= 0.6 is 0 Å². The number of carbonyl (C=O) groups excluding carboxylic acids is 3. The number of imide groups is 1. The van der Waals surface area contributed by atoms with Gasteiger partial charge in [-0.1, -0.05) is 0 Å². The van der Waals surface area contributed by atoms with Crippen molar-refractivity contribution in [3.05, 3.63) is 24.2 Å². The van der Waals surface area contributed by atoms with Gasteiger partial charge in [0.15, 0.2) is 5.76 Å². The molecule has 3 rings (SSSR count). The first-order valence-corrected chi connectivity index (χ1v) is 7.78. The van der Waals surface area contributed by atoms with Gasteiger partial charge in [-0.25, -0.2) is 4.79 Å². The van der Waals surface area contributed by atoms with E-state index in [1.54, 1.807) is 24.0 Å². The van der Waals surface area contributed by atoms with E-state index >= 15 is 0 Å². The highest BCUT2D eigenvalue weighted by atomic mass is 16.3. The zero-order chi connectivity index (χ0) is 16.4. The molecule has 8 heteroatoms. The number of nitrogens with one attached hydrogen (secondary N) is 1. The normalized spacial score (nSPS) is 23.1. The fraction of sp³-hybridized carbons (Fsp3) is 0.533. The molecule has 1 aromatic heterocycles. The molecule has 23 heavy (non-hydrogen) atoms. The third-order valence-corrected chi connectivity index (χ3v) is 4.29. The molecule has 0 radical (unpaired) electrons. The summed E-state index contributed by atoms with van der Waals surface area (Å²) in [5, 5.41) is 2.86. The van der Waals surface area contributed by atoms with Crippen molar-refractivity contribution < 1.29 is 18.8 Å². The molecule has 0 bridgehead atoms. The average molecular weight is 320 g/mol. The van der Waals surface area contributed by atoms with Gasteiger partial charge < -0.3 is 14.6 Å². The van der Waals surface area contributed by atoms with Crippen LogP contribution in [0.25, 0.3) is 0 Å². The number of rotatable bonds is 3. The molecule has 1 unspecified atom stereocenters. The van der Waals surface area contributed by atoms with Gasteiger partial charge in [0.05, 0.1) is 18.8 Å².